The molecule has 0 bridgehead atoms. The number of aromatic nitrogens is 2. The van der Waals surface area contributed by atoms with Gasteiger partial charge in [-0.05, 0) is 36.4 Å². The van der Waals surface area contributed by atoms with Crippen molar-refractivity contribution in [2.45, 2.75) is 0 Å². The maximum atomic E-state index is 13.8. The zero-order valence-corrected chi connectivity index (χ0v) is 10.7. The molecule has 96 valence electrons. The first kappa shape index (κ1) is 12.1. The number of aryl methyl sites for hydroxylation is 1. The predicted molar refractivity (Wildman–Crippen MR) is 71.1 cm³/mol. The maximum absolute atomic E-state index is 13.8. The van der Waals surface area contributed by atoms with Gasteiger partial charge in [0.1, 0.15) is 17.3 Å². The molecule has 1 heterocycles. The van der Waals surface area contributed by atoms with Gasteiger partial charge >= 0.3 is 0 Å². The average molecular weight is 279 g/mol. The van der Waals surface area contributed by atoms with E-state index in [9.17, 15) is 8.78 Å². The standard InChI is InChI=1S/C14H9ClF2N2/c1-19-13-5-2-8(15)6-11(13)14(18-19)10-7-9(16)3-4-12(10)17/h2-7H,1H3. The Morgan fingerprint density at radius 3 is 2.68 bits per heavy atom. The molecule has 2 aromatic carbocycles. The lowest BCUT2D eigenvalue weighted by Crippen LogP contribution is -1.91. The molecule has 0 atom stereocenters. The minimum absolute atomic E-state index is 0.132. The van der Waals surface area contributed by atoms with Crippen molar-refractivity contribution in [3.8, 4) is 11.3 Å². The lowest BCUT2D eigenvalue weighted by Gasteiger charge is -2.00. The van der Waals surface area contributed by atoms with Crippen LogP contribution in [0.25, 0.3) is 22.2 Å². The topological polar surface area (TPSA) is 17.8 Å². The zero-order chi connectivity index (χ0) is 13.6. The molecule has 19 heavy (non-hydrogen) atoms. The Hall–Kier alpha value is -1.94. The highest BCUT2D eigenvalue weighted by Gasteiger charge is 2.15. The molecule has 0 aliphatic rings. The average Bonchev–Trinajstić information content (AvgIpc) is 2.69. The first-order valence-electron chi connectivity index (χ1n) is 5.64. The summed E-state index contributed by atoms with van der Waals surface area (Å²) in [6, 6.07) is 8.54. The summed E-state index contributed by atoms with van der Waals surface area (Å²) in [7, 11) is 1.75. The Labute approximate surface area is 113 Å². The van der Waals surface area contributed by atoms with Gasteiger partial charge < -0.3 is 0 Å². The molecule has 0 aliphatic carbocycles. The number of rotatable bonds is 1. The fourth-order valence-electron chi connectivity index (χ4n) is 2.12. The van der Waals surface area contributed by atoms with Gasteiger partial charge in [-0.1, -0.05) is 11.6 Å². The summed E-state index contributed by atoms with van der Waals surface area (Å²) >= 11 is 5.95. The Kier molecular flexibility index (Phi) is 2.75. The summed E-state index contributed by atoms with van der Waals surface area (Å²) in [4.78, 5) is 0. The molecule has 1 aromatic heterocycles. The molecule has 0 unspecified atom stereocenters. The van der Waals surface area contributed by atoms with E-state index in [1.165, 1.54) is 0 Å². The molecule has 2 nitrogen and oxygen atoms in total. The Bertz CT molecular complexity index is 780. The summed E-state index contributed by atoms with van der Waals surface area (Å²) in [5.74, 6) is -1.02. The van der Waals surface area contributed by atoms with E-state index in [0.717, 1.165) is 23.7 Å². The molecule has 5 heteroatoms. The van der Waals surface area contributed by atoms with E-state index in [0.29, 0.717) is 16.1 Å². The van der Waals surface area contributed by atoms with Crippen molar-refractivity contribution in [2.75, 3.05) is 0 Å². The first-order chi connectivity index (χ1) is 9.06. The van der Waals surface area contributed by atoms with Gasteiger partial charge in [-0.3, -0.25) is 4.68 Å². The monoisotopic (exact) mass is 278 g/mol. The van der Waals surface area contributed by atoms with E-state index in [4.69, 9.17) is 11.6 Å². The van der Waals surface area contributed by atoms with Crippen LogP contribution in [-0.2, 0) is 7.05 Å². The minimum atomic E-state index is -0.513. The fraction of sp³-hybridized carbons (Fsp3) is 0.0714. The summed E-state index contributed by atoms with van der Waals surface area (Å²) in [6.07, 6.45) is 0. The van der Waals surface area contributed by atoms with Crippen LogP contribution in [0, 0.1) is 11.6 Å². The van der Waals surface area contributed by atoms with Crippen molar-refractivity contribution < 1.29 is 8.78 Å². The van der Waals surface area contributed by atoms with E-state index in [1.807, 2.05) is 0 Å². The highest BCUT2D eigenvalue weighted by molar-refractivity contribution is 6.31. The molecule has 0 saturated carbocycles. The second-order valence-corrected chi connectivity index (χ2v) is 4.69. The molecule has 0 fully saturated rings. The lowest BCUT2D eigenvalue weighted by molar-refractivity contribution is 0.602. The van der Waals surface area contributed by atoms with E-state index < -0.39 is 11.6 Å². The van der Waals surface area contributed by atoms with Gasteiger partial charge in [0.25, 0.3) is 0 Å². The third-order valence-electron chi connectivity index (χ3n) is 3.00. The number of hydrogen-bond acceptors (Lipinski definition) is 1. The molecular formula is C14H9ClF2N2. The Morgan fingerprint density at radius 2 is 1.89 bits per heavy atom. The summed E-state index contributed by atoms with van der Waals surface area (Å²) in [6.45, 7) is 0. The van der Waals surface area contributed by atoms with E-state index in [2.05, 4.69) is 5.10 Å². The van der Waals surface area contributed by atoms with Crippen LogP contribution in [-0.4, -0.2) is 9.78 Å². The van der Waals surface area contributed by atoms with Gasteiger partial charge in [0.05, 0.1) is 5.52 Å². The Morgan fingerprint density at radius 1 is 1.11 bits per heavy atom. The normalized spacial score (nSPS) is 11.2. The number of benzene rings is 2. The van der Waals surface area contributed by atoms with Crippen molar-refractivity contribution in [2.24, 2.45) is 7.05 Å². The summed E-state index contributed by atoms with van der Waals surface area (Å²) in [5.41, 5.74) is 1.33. The molecule has 0 amide bonds. The molecule has 0 aliphatic heterocycles. The van der Waals surface area contributed by atoms with Crippen LogP contribution in [0.2, 0.25) is 5.02 Å². The van der Waals surface area contributed by atoms with Gasteiger partial charge in [0.15, 0.2) is 0 Å². The van der Waals surface area contributed by atoms with E-state index >= 15 is 0 Å². The predicted octanol–water partition coefficient (Wildman–Crippen LogP) is 4.17. The van der Waals surface area contributed by atoms with Crippen LogP contribution in [0.15, 0.2) is 36.4 Å². The summed E-state index contributed by atoms with van der Waals surface area (Å²) < 4.78 is 28.8. The molecule has 0 radical (unpaired) electrons. The third kappa shape index (κ3) is 1.98. The summed E-state index contributed by atoms with van der Waals surface area (Å²) in [5, 5.41) is 5.47. The van der Waals surface area contributed by atoms with Crippen molar-refractivity contribution >= 4 is 22.5 Å². The third-order valence-corrected chi connectivity index (χ3v) is 3.23. The quantitative estimate of drug-likeness (QED) is 0.653. The van der Waals surface area contributed by atoms with Gasteiger partial charge in [-0.25, -0.2) is 8.78 Å². The van der Waals surface area contributed by atoms with Crippen molar-refractivity contribution in [1.29, 1.82) is 0 Å². The van der Waals surface area contributed by atoms with Gasteiger partial charge in [0, 0.05) is 23.0 Å². The van der Waals surface area contributed by atoms with Gasteiger partial charge in [-0.15, -0.1) is 0 Å². The molecule has 0 N–H and O–H groups in total. The van der Waals surface area contributed by atoms with Crippen molar-refractivity contribution in [1.82, 2.24) is 9.78 Å². The van der Waals surface area contributed by atoms with Crippen LogP contribution in [0.5, 0.6) is 0 Å². The fourth-order valence-corrected chi connectivity index (χ4v) is 2.29. The van der Waals surface area contributed by atoms with Crippen molar-refractivity contribution in [3.63, 3.8) is 0 Å². The molecular weight excluding hydrogens is 270 g/mol. The largest absolute Gasteiger partial charge is 0.267 e. The zero-order valence-electron chi connectivity index (χ0n) is 9.99. The van der Waals surface area contributed by atoms with E-state index in [-0.39, 0.29) is 5.56 Å². The molecule has 3 aromatic rings. The second-order valence-electron chi connectivity index (χ2n) is 4.26. The first-order valence-corrected chi connectivity index (χ1v) is 6.02. The number of fused-ring (bicyclic) bond motifs is 1. The van der Waals surface area contributed by atoms with Crippen molar-refractivity contribution in [3.05, 3.63) is 53.1 Å². The second kappa shape index (κ2) is 4.31. The number of hydrogen-bond donors (Lipinski definition) is 0. The van der Waals surface area contributed by atoms with Crippen LogP contribution in [0.1, 0.15) is 0 Å². The van der Waals surface area contributed by atoms with Crippen LogP contribution in [0.4, 0.5) is 8.78 Å². The minimum Gasteiger partial charge on any atom is -0.267 e. The number of nitrogens with zero attached hydrogens (tertiary/aromatic N) is 2. The molecule has 0 saturated heterocycles. The number of halogens is 3. The van der Waals surface area contributed by atoms with Crippen LogP contribution < -0.4 is 0 Å². The lowest BCUT2D eigenvalue weighted by atomic mass is 10.1. The Balaban J connectivity index is 2.36. The highest BCUT2D eigenvalue weighted by Crippen LogP contribution is 2.31. The SMILES string of the molecule is Cn1nc(-c2cc(F)ccc2F)c2cc(Cl)ccc21. The van der Waals surface area contributed by atoms with Crippen LogP contribution >= 0.6 is 11.6 Å². The molecule has 0 spiro atoms. The van der Waals surface area contributed by atoms with E-state index in [1.54, 1.807) is 29.9 Å². The van der Waals surface area contributed by atoms with Crippen LogP contribution in [0.3, 0.4) is 0 Å². The molecule has 3 rings (SSSR count). The smallest absolute Gasteiger partial charge is 0.132 e. The maximum Gasteiger partial charge on any atom is 0.132 e. The highest BCUT2D eigenvalue weighted by atomic mass is 35.5. The van der Waals surface area contributed by atoms with Gasteiger partial charge in [0.2, 0.25) is 0 Å². The van der Waals surface area contributed by atoms with Gasteiger partial charge in [-0.2, -0.15) is 5.10 Å².